The molecule has 0 unspecified atom stereocenters. The first-order valence-electron chi connectivity index (χ1n) is 17.9. The Bertz CT molecular complexity index is 2100. The Kier molecular flexibility index (Phi) is 10.1. The van der Waals surface area contributed by atoms with E-state index in [-0.39, 0.29) is 48.4 Å². The molecule has 51 heavy (non-hydrogen) atoms. The number of Topliss-reactive ketones (excluding diaryl/α,β-unsaturated/α-hetero) is 1. The maximum atomic E-state index is 14.6. The summed E-state index contributed by atoms with van der Waals surface area (Å²) >= 11 is 0. The van der Waals surface area contributed by atoms with E-state index in [1.54, 1.807) is 13.7 Å². The molecule has 3 aliphatic rings. The van der Waals surface area contributed by atoms with E-state index in [4.69, 9.17) is 14.7 Å². The summed E-state index contributed by atoms with van der Waals surface area (Å²) in [6.45, 7) is 13.8. The Balaban J connectivity index is 1.72. The molecule has 3 aliphatic heterocycles. The average molecular weight is 695 g/mol. The van der Waals surface area contributed by atoms with Crippen LogP contribution in [0.1, 0.15) is 142 Å². The molecule has 8 bridgehead atoms. The highest BCUT2D eigenvalue weighted by atomic mass is 16.5. The molecule has 4 atom stereocenters. The number of methoxy groups -OCH3 is 1. The van der Waals surface area contributed by atoms with Crippen LogP contribution in [0.25, 0.3) is 22.1 Å². The molecular weight excluding hydrogens is 647 g/mol. The monoisotopic (exact) mass is 694 g/mol. The van der Waals surface area contributed by atoms with Gasteiger partial charge in [0.05, 0.1) is 35.0 Å². The highest BCUT2D eigenvalue weighted by molar-refractivity contribution is 6.45. The number of nitrogens with zero attached hydrogens (tertiary/aromatic N) is 3. The van der Waals surface area contributed by atoms with Gasteiger partial charge < -0.3 is 25.0 Å². The number of amides is 2. The predicted octanol–water partition coefficient (Wildman–Crippen LogP) is 5.96. The smallest absolute Gasteiger partial charge is 0.373 e. The molecule has 6 rings (SSSR count). The Morgan fingerprint density at radius 3 is 2.24 bits per heavy atom. The Morgan fingerprint density at radius 2 is 1.57 bits per heavy atom. The number of H-pyrrole nitrogens is 2. The minimum Gasteiger partial charge on any atom is -0.469 e. The number of nitrogens with one attached hydrogen (secondary N) is 3. The molecule has 4 N–H and O–H groups in total. The maximum absolute atomic E-state index is 14.6. The van der Waals surface area contributed by atoms with Crippen LogP contribution in [0, 0.1) is 13.8 Å². The largest absolute Gasteiger partial charge is 0.469 e. The minimum atomic E-state index is -0.725. The van der Waals surface area contributed by atoms with Crippen LogP contribution >= 0.6 is 0 Å². The number of carbonyl (C=O) groups is 4. The first kappa shape index (κ1) is 36.2. The number of aromatic amines is 2. The lowest BCUT2D eigenvalue weighted by Gasteiger charge is -2.27. The van der Waals surface area contributed by atoms with Gasteiger partial charge in [-0.1, -0.05) is 20.8 Å². The molecule has 3 aromatic heterocycles. The highest BCUT2D eigenvalue weighted by Crippen LogP contribution is 2.45. The zero-order valence-corrected chi connectivity index (χ0v) is 30.7. The fraction of sp³-hybridized carbons (Fsp3) is 0.474. The van der Waals surface area contributed by atoms with E-state index >= 15 is 0 Å². The van der Waals surface area contributed by atoms with Gasteiger partial charge in [-0.05, 0) is 82.7 Å². The van der Waals surface area contributed by atoms with Crippen LogP contribution in [0.2, 0.25) is 6.82 Å². The van der Waals surface area contributed by atoms with Gasteiger partial charge in [0.1, 0.15) is 0 Å². The summed E-state index contributed by atoms with van der Waals surface area (Å²) in [5.41, 5.74) is 8.21. The van der Waals surface area contributed by atoms with Crippen LogP contribution in [0.4, 0.5) is 0 Å². The van der Waals surface area contributed by atoms with Gasteiger partial charge in [-0.25, -0.2) is 0 Å². The fourth-order valence-corrected chi connectivity index (χ4v) is 8.05. The summed E-state index contributed by atoms with van der Waals surface area (Å²) in [5, 5.41) is 12.7. The molecule has 12 nitrogen and oxygen atoms in total. The number of rotatable bonds is 10. The number of fused-ring (bicyclic) bond motifs is 8. The Labute approximate surface area is 297 Å². The van der Waals surface area contributed by atoms with Gasteiger partial charge in [0, 0.05) is 70.3 Å². The number of carbonyl (C=O) groups excluding carboxylic acids is 4. The van der Waals surface area contributed by atoms with Gasteiger partial charge in [0.25, 0.3) is 11.8 Å². The van der Waals surface area contributed by atoms with Crippen molar-refractivity contribution in [1.82, 2.24) is 30.1 Å². The van der Waals surface area contributed by atoms with Gasteiger partial charge >= 0.3 is 13.0 Å². The lowest BCUT2D eigenvalue weighted by atomic mass is 9.84. The molecule has 0 fully saturated rings. The third-order valence-corrected chi connectivity index (χ3v) is 11.0. The molecule has 3 aromatic rings. The van der Waals surface area contributed by atoms with Gasteiger partial charge in [0.2, 0.25) is 0 Å². The molecule has 6 heterocycles. The summed E-state index contributed by atoms with van der Waals surface area (Å²) in [6.07, 6.45) is 1.75. The lowest BCUT2D eigenvalue weighted by molar-refractivity contribution is -0.140. The number of ketones is 1. The molecule has 268 valence electrons. The Hall–Kier alpha value is -4.62. The number of hydrogen-bond donors (Lipinski definition) is 4. The highest BCUT2D eigenvalue weighted by Gasteiger charge is 2.41. The van der Waals surface area contributed by atoms with Crippen LogP contribution < -0.4 is 5.23 Å². The standard InChI is InChI=1S/C38H47BN6O6/c1-9-23-18(2)25-17-30-32(22(6)46)20(4)27(42-30)15-26-19(3)24(11-12-31(47)51-8)35(43-26)34-36-33(21(5)28(44-36)16-29(23)41-25)37(48)45(38(34)49)14-10-13-40-39(7)50/h15-19,23-24,40,42,44,50H,9-14H2,1-8H3/t18-,19+,23-,24+/m1/s1. The molecule has 0 aliphatic carbocycles. The van der Waals surface area contributed by atoms with Gasteiger partial charge in [-0.3, -0.25) is 34.0 Å². The normalized spacial score (nSPS) is 19.8. The molecule has 2 amide bonds. The third kappa shape index (κ3) is 6.42. The topological polar surface area (TPSA) is 170 Å². The van der Waals surface area contributed by atoms with Crippen molar-refractivity contribution in [3.8, 4) is 0 Å². The van der Waals surface area contributed by atoms with E-state index < -0.39 is 18.9 Å². The minimum absolute atomic E-state index is 0.0650. The van der Waals surface area contributed by atoms with Gasteiger partial charge in [-0.2, -0.15) is 0 Å². The van der Waals surface area contributed by atoms with Crippen LogP contribution in [0.5, 0.6) is 0 Å². The van der Waals surface area contributed by atoms with Crippen molar-refractivity contribution >= 4 is 52.7 Å². The van der Waals surface area contributed by atoms with E-state index in [1.807, 2.05) is 39.0 Å². The molecule has 0 radical (unpaired) electrons. The van der Waals surface area contributed by atoms with Crippen molar-refractivity contribution in [3.05, 3.63) is 68.8 Å². The van der Waals surface area contributed by atoms with Crippen LogP contribution in [-0.2, 0) is 9.53 Å². The van der Waals surface area contributed by atoms with E-state index in [9.17, 15) is 24.2 Å². The zero-order valence-electron chi connectivity index (χ0n) is 30.7. The quantitative estimate of drug-likeness (QED) is 0.0658. The first-order valence-corrected chi connectivity index (χ1v) is 17.9. The molecule has 0 saturated carbocycles. The first-order chi connectivity index (χ1) is 24.3. The van der Waals surface area contributed by atoms with Crippen molar-refractivity contribution < 1.29 is 28.9 Å². The predicted molar refractivity (Wildman–Crippen MR) is 196 cm³/mol. The van der Waals surface area contributed by atoms with E-state index in [1.165, 1.54) is 12.0 Å². The molecule has 0 saturated heterocycles. The third-order valence-electron chi connectivity index (χ3n) is 11.0. The fourth-order valence-electron chi connectivity index (χ4n) is 8.05. The van der Waals surface area contributed by atoms with Crippen molar-refractivity contribution in [2.75, 3.05) is 20.2 Å². The average Bonchev–Trinajstić information content (AvgIpc) is 3.76. The SMILES string of the molecule is CC[C@H]1c2cc3[nH]c4c(c5nc(cc6[nH]c(cc(n2)[C@@H]1C)c(C(C)=O)c6C)[C@@H](C)[C@@H]5CCC(=O)OC)C(=O)N(CCCNB(C)O)C(=O)c4c3C. The Morgan fingerprint density at radius 1 is 0.941 bits per heavy atom. The van der Waals surface area contributed by atoms with E-state index in [0.717, 1.165) is 28.9 Å². The number of imide groups is 1. The summed E-state index contributed by atoms with van der Waals surface area (Å²) in [5.74, 6) is -1.70. The second-order valence-corrected chi connectivity index (χ2v) is 14.2. The van der Waals surface area contributed by atoms with Crippen molar-refractivity contribution in [3.63, 3.8) is 0 Å². The van der Waals surface area contributed by atoms with Crippen LogP contribution in [-0.4, -0.2) is 80.7 Å². The van der Waals surface area contributed by atoms with Crippen LogP contribution in [0.3, 0.4) is 0 Å². The molecule has 0 aromatic carbocycles. The number of aromatic nitrogens is 4. The zero-order chi connectivity index (χ0) is 36.9. The molecule has 0 spiro atoms. The number of ether oxygens (including phenoxy) is 1. The number of esters is 1. The summed E-state index contributed by atoms with van der Waals surface area (Å²) < 4.78 is 4.99. The van der Waals surface area contributed by atoms with Gasteiger partial charge in [-0.15, -0.1) is 0 Å². The maximum Gasteiger partial charge on any atom is 0.373 e. The molecular formula is C38H47BN6O6. The number of aryl methyl sites for hydroxylation is 2. The lowest BCUT2D eigenvalue weighted by Crippen LogP contribution is -2.42. The molecule has 13 heteroatoms. The van der Waals surface area contributed by atoms with Crippen molar-refractivity contribution in [2.45, 2.75) is 97.7 Å². The van der Waals surface area contributed by atoms with Crippen molar-refractivity contribution in [2.24, 2.45) is 0 Å². The van der Waals surface area contributed by atoms with E-state index in [0.29, 0.717) is 69.6 Å². The summed E-state index contributed by atoms with van der Waals surface area (Å²) in [6, 6.07) is 5.88. The van der Waals surface area contributed by atoms with Crippen molar-refractivity contribution in [1.29, 1.82) is 0 Å². The second kappa shape index (κ2) is 14.2. The second-order valence-electron chi connectivity index (χ2n) is 14.2. The van der Waals surface area contributed by atoms with Crippen LogP contribution in [0.15, 0.2) is 18.2 Å². The van der Waals surface area contributed by atoms with E-state index in [2.05, 4.69) is 29.0 Å². The summed E-state index contributed by atoms with van der Waals surface area (Å²) in [7, 11) is 0.625. The number of hydrogen-bond acceptors (Lipinski definition) is 9. The van der Waals surface area contributed by atoms with Gasteiger partial charge in [0.15, 0.2) is 5.78 Å². The summed E-state index contributed by atoms with van der Waals surface area (Å²) in [4.78, 5) is 72.8.